The van der Waals surface area contributed by atoms with Gasteiger partial charge >= 0.3 is 8.56 Å². The van der Waals surface area contributed by atoms with Gasteiger partial charge in [-0.3, -0.25) is 0 Å². The zero-order valence-electron chi connectivity index (χ0n) is 8.04. The third kappa shape index (κ3) is 4.84. The molecule has 3 N–H and O–H groups in total. The normalized spacial score (nSPS) is 18.8. The van der Waals surface area contributed by atoms with E-state index in [-0.39, 0.29) is 12.8 Å². The van der Waals surface area contributed by atoms with Gasteiger partial charge in [-0.15, -0.1) is 0 Å². The van der Waals surface area contributed by atoms with E-state index in [0.29, 0.717) is 6.42 Å². The minimum Gasteiger partial charge on any atom is -0.398 e. The molecule has 0 aliphatic rings. The van der Waals surface area contributed by atoms with E-state index in [9.17, 15) is 0 Å². The summed E-state index contributed by atoms with van der Waals surface area (Å²) >= 11 is 0. The second kappa shape index (κ2) is 5.66. The van der Waals surface area contributed by atoms with Gasteiger partial charge in [-0.2, -0.15) is 0 Å². The van der Waals surface area contributed by atoms with E-state index in [1.54, 1.807) is 14.0 Å². The number of hydrogen-bond acceptors (Lipinski definition) is 4. The van der Waals surface area contributed by atoms with Crippen LogP contribution in [0.5, 0.6) is 0 Å². The van der Waals surface area contributed by atoms with Crippen molar-refractivity contribution in [1.29, 1.82) is 0 Å². The van der Waals surface area contributed by atoms with E-state index in [0.717, 1.165) is 6.04 Å². The van der Waals surface area contributed by atoms with E-state index in [2.05, 4.69) is 0 Å². The summed E-state index contributed by atoms with van der Waals surface area (Å²) in [7, 11) is -0.462. The Morgan fingerprint density at radius 3 is 2.50 bits per heavy atom. The van der Waals surface area contributed by atoms with Gasteiger partial charge in [-0.05, 0) is 25.9 Å². The topological polar surface area (TPSA) is 64.7 Å². The molecule has 0 rings (SSSR count). The molecular formula is C7H19NO3Si. The molecule has 0 radical (unpaired) electrons. The third-order valence-electron chi connectivity index (χ3n) is 1.66. The van der Waals surface area contributed by atoms with Crippen molar-refractivity contribution in [3.63, 3.8) is 0 Å². The molecule has 0 saturated heterocycles. The minimum absolute atomic E-state index is 0.175. The second-order valence-electron chi connectivity index (χ2n) is 2.99. The monoisotopic (exact) mass is 193 g/mol. The first-order chi connectivity index (χ1) is 5.54. The van der Waals surface area contributed by atoms with Crippen LogP contribution in [0.15, 0.2) is 0 Å². The molecule has 0 heterocycles. The lowest BCUT2D eigenvalue weighted by Gasteiger charge is -2.26. The SMILES string of the molecule is CO[Si](C)(CCCO)OC(C)N. The van der Waals surface area contributed by atoms with E-state index in [1.807, 2.05) is 6.55 Å². The Kier molecular flexibility index (Phi) is 5.69. The maximum absolute atomic E-state index is 8.64. The number of nitrogens with two attached hydrogens (primary N) is 1. The summed E-state index contributed by atoms with van der Waals surface area (Å²) in [5.41, 5.74) is 5.50. The molecule has 74 valence electrons. The summed E-state index contributed by atoms with van der Waals surface area (Å²) in [6, 6.07) is 0.779. The lowest BCUT2D eigenvalue weighted by atomic mass is 10.5. The largest absolute Gasteiger partial charge is 0.398 e. The van der Waals surface area contributed by atoms with Crippen molar-refractivity contribution in [3.8, 4) is 0 Å². The standard InChI is InChI=1S/C7H19NO3Si/c1-7(8)11-12(3,10-2)6-4-5-9/h7,9H,4-6,8H2,1-3H3. The molecule has 0 aromatic rings. The molecule has 0 fully saturated rings. The summed E-state index contributed by atoms with van der Waals surface area (Å²) in [4.78, 5) is 0. The van der Waals surface area contributed by atoms with Gasteiger partial charge in [0.25, 0.3) is 0 Å². The third-order valence-corrected chi connectivity index (χ3v) is 4.65. The van der Waals surface area contributed by atoms with Gasteiger partial charge in [0, 0.05) is 13.7 Å². The van der Waals surface area contributed by atoms with Gasteiger partial charge < -0.3 is 19.7 Å². The fourth-order valence-corrected chi connectivity index (χ4v) is 3.01. The average molecular weight is 193 g/mol. The highest BCUT2D eigenvalue weighted by atomic mass is 28.4. The fraction of sp³-hybridized carbons (Fsp3) is 1.00. The maximum Gasteiger partial charge on any atom is 0.335 e. The molecule has 0 aliphatic heterocycles. The van der Waals surface area contributed by atoms with Crippen LogP contribution in [0.3, 0.4) is 0 Å². The fourth-order valence-electron chi connectivity index (χ4n) is 1.00. The van der Waals surface area contributed by atoms with Crippen LogP contribution in [0, 0.1) is 0 Å². The Balaban J connectivity index is 3.86. The summed E-state index contributed by atoms with van der Waals surface area (Å²) < 4.78 is 10.7. The van der Waals surface area contributed by atoms with Crippen LogP contribution in [0.1, 0.15) is 13.3 Å². The van der Waals surface area contributed by atoms with Crippen LogP contribution in [-0.2, 0) is 8.85 Å². The lowest BCUT2D eigenvalue weighted by molar-refractivity contribution is 0.147. The lowest BCUT2D eigenvalue weighted by Crippen LogP contribution is -2.43. The number of rotatable bonds is 6. The predicted octanol–water partition coefficient (Wildman–Crippen LogP) is 0.408. The molecule has 0 saturated carbocycles. The van der Waals surface area contributed by atoms with E-state index >= 15 is 0 Å². The highest BCUT2D eigenvalue weighted by Crippen LogP contribution is 2.15. The summed E-state index contributed by atoms with van der Waals surface area (Å²) in [5, 5.41) is 8.64. The summed E-state index contributed by atoms with van der Waals surface area (Å²) in [6.45, 7) is 3.91. The highest BCUT2D eigenvalue weighted by Gasteiger charge is 2.30. The first-order valence-corrected chi connectivity index (χ1v) is 6.66. The number of aliphatic hydroxyl groups is 1. The highest BCUT2D eigenvalue weighted by molar-refractivity contribution is 6.66. The van der Waals surface area contributed by atoms with Crippen molar-refractivity contribution < 1.29 is 14.0 Å². The average Bonchev–Trinajstić information content (AvgIpc) is 2.00. The van der Waals surface area contributed by atoms with Gasteiger partial charge in [0.2, 0.25) is 0 Å². The Bertz CT molecular complexity index is 123. The van der Waals surface area contributed by atoms with Crippen molar-refractivity contribution in [2.75, 3.05) is 13.7 Å². The molecule has 0 amide bonds. The maximum atomic E-state index is 8.64. The van der Waals surface area contributed by atoms with E-state index in [4.69, 9.17) is 19.7 Å². The Hall–Kier alpha value is 0.0569. The number of aliphatic hydroxyl groups excluding tert-OH is 1. The molecule has 0 bridgehead atoms. The molecule has 12 heavy (non-hydrogen) atoms. The van der Waals surface area contributed by atoms with Gasteiger partial charge in [0.1, 0.15) is 0 Å². The van der Waals surface area contributed by atoms with Crippen LogP contribution in [0.2, 0.25) is 12.6 Å². The van der Waals surface area contributed by atoms with Gasteiger partial charge in [0.05, 0.1) is 6.23 Å². The summed E-state index contributed by atoms with van der Waals surface area (Å²) in [6.07, 6.45) is 0.420. The van der Waals surface area contributed by atoms with Crippen LogP contribution >= 0.6 is 0 Å². The molecule has 0 aromatic heterocycles. The van der Waals surface area contributed by atoms with Crippen molar-refractivity contribution in [2.45, 2.75) is 32.2 Å². The molecule has 5 heteroatoms. The molecule has 4 nitrogen and oxygen atoms in total. The molecule has 2 atom stereocenters. The Morgan fingerprint density at radius 1 is 1.58 bits per heavy atom. The van der Waals surface area contributed by atoms with Crippen molar-refractivity contribution >= 4 is 8.56 Å². The van der Waals surface area contributed by atoms with Crippen molar-refractivity contribution in [2.24, 2.45) is 5.73 Å². The van der Waals surface area contributed by atoms with E-state index < -0.39 is 8.56 Å². The molecule has 0 aromatic carbocycles. The quantitative estimate of drug-likeness (QED) is 0.473. The van der Waals surface area contributed by atoms with Crippen molar-refractivity contribution in [3.05, 3.63) is 0 Å². The van der Waals surface area contributed by atoms with Crippen LogP contribution < -0.4 is 5.73 Å². The van der Waals surface area contributed by atoms with Gasteiger partial charge in [-0.1, -0.05) is 0 Å². The molecule has 0 aliphatic carbocycles. The zero-order valence-corrected chi connectivity index (χ0v) is 9.04. The minimum atomic E-state index is -2.09. The Morgan fingerprint density at radius 2 is 2.17 bits per heavy atom. The second-order valence-corrected chi connectivity index (χ2v) is 6.40. The first kappa shape index (κ1) is 12.1. The summed E-state index contributed by atoms with van der Waals surface area (Å²) in [5.74, 6) is 0. The molecule has 0 spiro atoms. The predicted molar refractivity (Wildman–Crippen MR) is 49.9 cm³/mol. The Labute approximate surface area is 74.9 Å². The molecule has 2 unspecified atom stereocenters. The van der Waals surface area contributed by atoms with Crippen LogP contribution in [-0.4, -0.2) is 33.6 Å². The van der Waals surface area contributed by atoms with E-state index in [1.165, 1.54) is 0 Å². The van der Waals surface area contributed by atoms with Crippen LogP contribution in [0.4, 0.5) is 0 Å². The smallest absolute Gasteiger partial charge is 0.335 e. The first-order valence-electron chi connectivity index (χ1n) is 4.13. The molecular weight excluding hydrogens is 174 g/mol. The zero-order chi connectivity index (χ0) is 9.61. The van der Waals surface area contributed by atoms with Crippen molar-refractivity contribution in [1.82, 2.24) is 0 Å². The van der Waals surface area contributed by atoms with Gasteiger partial charge in [-0.25, -0.2) is 0 Å². The number of hydrogen-bond donors (Lipinski definition) is 2. The van der Waals surface area contributed by atoms with Crippen LogP contribution in [0.25, 0.3) is 0 Å². The van der Waals surface area contributed by atoms with Gasteiger partial charge in [0.15, 0.2) is 0 Å².